The van der Waals surface area contributed by atoms with Crippen LogP contribution >= 0.6 is 0 Å². The molecular weight excluding hydrogens is 204 g/mol. The third kappa shape index (κ3) is 5.47. The fraction of sp³-hybridized carbons (Fsp3) is 0.917. The van der Waals surface area contributed by atoms with Gasteiger partial charge < -0.3 is 14.5 Å². The summed E-state index contributed by atoms with van der Waals surface area (Å²) >= 11 is 0. The molecule has 1 rings (SSSR count). The van der Waals surface area contributed by atoms with Crippen LogP contribution in [-0.2, 0) is 9.53 Å². The van der Waals surface area contributed by atoms with E-state index in [0.29, 0.717) is 6.42 Å². The normalized spacial score (nSPS) is 16.9. The third-order valence-corrected chi connectivity index (χ3v) is 3.14. The van der Waals surface area contributed by atoms with Gasteiger partial charge in [0.1, 0.15) is 0 Å². The van der Waals surface area contributed by atoms with Crippen LogP contribution in [0.5, 0.6) is 0 Å². The van der Waals surface area contributed by atoms with Gasteiger partial charge in [-0.15, -0.1) is 0 Å². The quantitative estimate of drug-likeness (QED) is 0.608. The zero-order valence-corrected chi connectivity index (χ0v) is 10.6. The van der Waals surface area contributed by atoms with Crippen molar-refractivity contribution in [3.8, 4) is 0 Å². The van der Waals surface area contributed by atoms with Gasteiger partial charge in [-0.3, -0.25) is 4.79 Å². The first kappa shape index (κ1) is 13.5. The summed E-state index contributed by atoms with van der Waals surface area (Å²) in [5.41, 5.74) is 0. The van der Waals surface area contributed by atoms with Gasteiger partial charge in [0.2, 0.25) is 0 Å². The largest absolute Gasteiger partial charge is 0.469 e. The van der Waals surface area contributed by atoms with Crippen molar-refractivity contribution in [2.24, 2.45) is 0 Å². The molecule has 16 heavy (non-hydrogen) atoms. The molecule has 0 atom stereocenters. The molecule has 0 unspecified atom stereocenters. The molecule has 0 aliphatic carbocycles. The minimum atomic E-state index is -0.119. The molecule has 0 spiro atoms. The van der Waals surface area contributed by atoms with Crippen molar-refractivity contribution >= 4 is 5.97 Å². The molecule has 0 N–H and O–H groups in total. The van der Waals surface area contributed by atoms with Crippen molar-refractivity contribution in [2.45, 2.75) is 25.7 Å². The molecule has 0 aromatic rings. The molecule has 0 radical (unpaired) electrons. The van der Waals surface area contributed by atoms with Gasteiger partial charge in [-0.1, -0.05) is 0 Å². The minimum Gasteiger partial charge on any atom is -0.469 e. The lowest BCUT2D eigenvalue weighted by molar-refractivity contribution is -0.140. The van der Waals surface area contributed by atoms with Crippen molar-refractivity contribution in [3.63, 3.8) is 0 Å². The lowest BCUT2D eigenvalue weighted by atomic mass is 10.3. The van der Waals surface area contributed by atoms with Gasteiger partial charge in [-0.05, 0) is 52.5 Å². The van der Waals surface area contributed by atoms with Crippen molar-refractivity contribution in [1.29, 1.82) is 0 Å². The Bertz CT molecular complexity index is 203. The Morgan fingerprint density at radius 3 is 2.62 bits per heavy atom. The van der Waals surface area contributed by atoms with E-state index in [1.165, 1.54) is 46.0 Å². The maximum Gasteiger partial charge on any atom is 0.306 e. The molecular formula is C12H24N2O2. The Kier molecular flexibility index (Phi) is 6.42. The highest BCUT2D eigenvalue weighted by molar-refractivity contribution is 5.69. The topological polar surface area (TPSA) is 32.8 Å². The zero-order chi connectivity index (χ0) is 11.8. The maximum absolute atomic E-state index is 10.9. The van der Waals surface area contributed by atoms with E-state index >= 15 is 0 Å². The number of carbonyl (C=O) groups is 1. The van der Waals surface area contributed by atoms with Crippen molar-refractivity contribution in [1.82, 2.24) is 9.80 Å². The van der Waals surface area contributed by atoms with Gasteiger partial charge in [0.05, 0.1) is 13.5 Å². The number of hydrogen-bond donors (Lipinski definition) is 0. The first-order valence-electron chi connectivity index (χ1n) is 6.20. The molecule has 1 heterocycles. The monoisotopic (exact) mass is 228 g/mol. The van der Waals surface area contributed by atoms with Gasteiger partial charge in [-0.25, -0.2) is 0 Å². The number of likely N-dealkylation sites (tertiary alicyclic amines) is 1. The Morgan fingerprint density at radius 2 is 2.00 bits per heavy atom. The lowest BCUT2D eigenvalue weighted by Crippen LogP contribution is -2.27. The molecule has 1 aliphatic heterocycles. The minimum absolute atomic E-state index is 0.119. The van der Waals surface area contributed by atoms with Crippen molar-refractivity contribution in [3.05, 3.63) is 0 Å². The van der Waals surface area contributed by atoms with Crippen LogP contribution in [0.1, 0.15) is 25.7 Å². The maximum atomic E-state index is 10.9. The van der Waals surface area contributed by atoms with E-state index in [2.05, 4.69) is 21.6 Å². The van der Waals surface area contributed by atoms with E-state index in [9.17, 15) is 4.79 Å². The van der Waals surface area contributed by atoms with E-state index < -0.39 is 0 Å². The molecule has 94 valence electrons. The number of nitrogens with zero attached hydrogens (tertiary/aromatic N) is 2. The zero-order valence-electron chi connectivity index (χ0n) is 10.6. The van der Waals surface area contributed by atoms with Crippen molar-refractivity contribution < 1.29 is 9.53 Å². The predicted molar refractivity (Wildman–Crippen MR) is 64.4 cm³/mol. The molecule has 4 heteroatoms. The average molecular weight is 228 g/mol. The summed E-state index contributed by atoms with van der Waals surface area (Å²) in [6.45, 7) is 5.60. The molecule has 1 saturated heterocycles. The smallest absolute Gasteiger partial charge is 0.306 e. The highest BCUT2D eigenvalue weighted by Gasteiger charge is 2.11. The second-order valence-corrected chi connectivity index (χ2v) is 4.53. The summed E-state index contributed by atoms with van der Waals surface area (Å²) in [6.07, 6.45) is 4.41. The van der Waals surface area contributed by atoms with Gasteiger partial charge in [-0.2, -0.15) is 0 Å². The van der Waals surface area contributed by atoms with Crippen LogP contribution in [0.3, 0.4) is 0 Å². The van der Waals surface area contributed by atoms with Crippen LogP contribution in [0, 0.1) is 0 Å². The summed E-state index contributed by atoms with van der Waals surface area (Å²) in [5.74, 6) is -0.119. The number of esters is 1. The average Bonchev–Trinajstić information content (AvgIpc) is 2.79. The molecule has 0 amide bonds. The van der Waals surface area contributed by atoms with Crippen LogP contribution in [0.4, 0.5) is 0 Å². The van der Waals surface area contributed by atoms with Gasteiger partial charge in [0.25, 0.3) is 0 Å². The van der Waals surface area contributed by atoms with Crippen LogP contribution in [0.2, 0.25) is 0 Å². The first-order chi connectivity index (χ1) is 7.72. The van der Waals surface area contributed by atoms with E-state index in [-0.39, 0.29) is 5.97 Å². The molecule has 0 aromatic heterocycles. The van der Waals surface area contributed by atoms with E-state index in [1.807, 2.05) is 0 Å². The summed E-state index contributed by atoms with van der Waals surface area (Å²) < 4.78 is 4.61. The highest BCUT2D eigenvalue weighted by atomic mass is 16.5. The molecule has 0 bridgehead atoms. The van der Waals surface area contributed by atoms with Crippen LogP contribution in [0.25, 0.3) is 0 Å². The molecule has 1 fully saturated rings. The number of carbonyl (C=O) groups excluding carboxylic acids is 1. The second-order valence-electron chi connectivity index (χ2n) is 4.53. The fourth-order valence-corrected chi connectivity index (χ4v) is 2.07. The Balaban J connectivity index is 1.96. The van der Waals surface area contributed by atoms with E-state index in [1.54, 1.807) is 0 Å². The lowest BCUT2D eigenvalue weighted by Gasteiger charge is -2.19. The van der Waals surface area contributed by atoms with Crippen LogP contribution in [0.15, 0.2) is 0 Å². The van der Waals surface area contributed by atoms with Crippen LogP contribution < -0.4 is 0 Å². The molecule has 4 nitrogen and oxygen atoms in total. The number of methoxy groups -OCH3 is 1. The third-order valence-electron chi connectivity index (χ3n) is 3.14. The van der Waals surface area contributed by atoms with Gasteiger partial charge >= 0.3 is 5.97 Å². The summed E-state index contributed by atoms with van der Waals surface area (Å²) in [6, 6.07) is 0. The summed E-state index contributed by atoms with van der Waals surface area (Å²) in [7, 11) is 3.50. The highest BCUT2D eigenvalue weighted by Crippen LogP contribution is 2.07. The molecule has 0 aromatic carbocycles. The van der Waals surface area contributed by atoms with Gasteiger partial charge in [0.15, 0.2) is 0 Å². The SMILES string of the molecule is COC(=O)CCN(C)CCCN1CCCC1. The first-order valence-corrected chi connectivity index (χ1v) is 6.20. The number of rotatable bonds is 7. The predicted octanol–water partition coefficient (Wildman–Crippen LogP) is 0.967. The Labute approximate surface area is 98.5 Å². The van der Waals surface area contributed by atoms with E-state index in [0.717, 1.165) is 13.1 Å². The van der Waals surface area contributed by atoms with Crippen LogP contribution in [-0.4, -0.2) is 62.7 Å². The Hall–Kier alpha value is -0.610. The number of hydrogen-bond acceptors (Lipinski definition) is 4. The fourth-order valence-electron chi connectivity index (χ4n) is 2.07. The summed E-state index contributed by atoms with van der Waals surface area (Å²) in [5, 5.41) is 0. The standard InChI is InChI=1S/C12H24N2O2/c1-13(11-6-12(15)16-2)7-5-10-14-8-3-4-9-14/h3-11H2,1-2H3. The van der Waals surface area contributed by atoms with Crippen molar-refractivity contribution in [2.75, 3.05) is 46.9 Å². The second kappa shape index (κ2) is 7.63. The Morgan fingerprint density at radius 1 is 1.31 bits per heavy atom. The molecule has 0 saturated carbocycles. The van der Waals surface area contributed by atoms with E-state index in [4.69, 9.17) is 0 Å². The van der Waals surface area contributed by atoms with Gasteiger partial charge in [0, 0.05) is 6.54 Å². The number of ether oxygens (including phenoxy) is 1. The molecule has 1 aliphatic rings. The summed E-state index contributed by atoms with van der Waals surface area (Å²) in [4.78, 5) is 15.7.